The number of para-hydroxylation sites is 1. The zero-order valence-electron chi connectivity index (χ0n) is 17.6. The van der Waals surface area contributed by atoms with Crippen LogP contribution in [0.2, 0.25) is 0 Å². The summed E-state index contributed by atoms with van der Waals surface area (Å²) in [6.07, 6.45) is 0. The molecule has 0 aliphatic heterocycles. The van der Waals surface area contributed by atoms with Gasteiger partial charge in [-0.3, -0.25) is 9.59 Å². The summed E-state index contributed by atoms with van der Waals surface area (Å²) in [4.78, 5) is 26.1. The zero-order valence-corrected chi connectivity index (χ0v) is 19.2. The lowest BCUT2D eigenvalue weighted by Crippen LogP contribution is -2.19. The third kappa shape index (κ3) is 5.99. The molecule has 4 rings (SSSR count). The molecule has 0 saturated carbocycles. The first-order valence-corrected chi connectivity index (χ1v) is 11.9. The maximum atomic E-state index is 12.8. The highest BCUT2D eigenvalue weighted by atomic mass is 32.2. The molecule has 2 aromatic heterocycles. The highest BCUT2D eigenvalue weighted by Crippen LogP contribution is 2.27. The Labute approximate surface area is 198 Å². The Morgan fingerprint density at radius 1 is 1.03 bits per heavy atom. The van der Waals surface area contributed by atoms with Gasteiger partial charge in [0.1, 0.15) is 5.75 Å². The van der Waals surface area contributed by atoms with E-state index in [-0.39, 0.29) is 17.6 Å². The molecule has 2 heterocycles. The van der Waals surface area contributed by atoms with E-state index in [1.54, 1.807) is 48.5 Å². The summed E-state index contributed by atoms with van der Waals surface area (Å²) >= 11 is 2.62. The highest BCUT2D eigenvalue weighted by Gasteiger charge is 2.15. The molecule has 2 N–H and O–H groups in total. The number of nitrogens with one attached hydrogen (secondary N) is 2. The molecule has 8 nitrogen and oxygen atoms in total. The summed E-state index contributed by atoms with van der Waals surface area (Å²) in [5.41, 5.74) is 1.39. The van der Waals surface area contributed by atoms with Gasteiger partial charge >= 0.3 is 0 Å². The van der Waals surface area contributed by atoms with Crippen LogP contribution in [0.5, 0.6) is 5.75 Å². The number of amides is 2. The van der Waals surface area contributed by atoms with Crippen molar-refractivity contribution < 1.29 is 18.7 Å². The van der Waals surface area contributed by atoms with Crippen molar-refractivity contribution in [1.82, 2.24) is 10.2 Å². The normalized spacial score (nSPS) is 10.6. The molecule has 2 amide bonds. The molecule has 0 aliphatic rings. The van der Waals surface area contributed by atoms with E-state index < -0.39 is 0 Å². The second kappa shape index (κ2) is 10.8. The first-order chi connectivity index (χ1) is 16.1. The number of carbonyl (C=O) groups excluding carboxylic acids is 2. The van der Waals surface area contributed by atoms with Crippen LogP contribution < -0.4 is 15.4 Å². The fraction of sp³-hybridized carbons (Fsp3) is 0.130. The molecule has 33 heavy (non-hydrogen) atoms. The number of rotatable bonds is 9. The molecule has 0 fully saturated rings. The number of hydrogen-bond acceptors (Lipinski definition) is 8. The number of benzene rings is 2. The largest absolute Gasteiger partial charge is 0.494 e. The third-order valence-corrected chi connectivity index (χ3v) is 6.01. The van der Waals surface area contributed by atoms with Gasteiger partial charge < -0.3 is 19.8 Å². The van der Waals surface area contributed by atoms with Crippen LogP contribution in [-0.4, -0.2) is 34.4 Å². The minimum absolute atomic E-state index is 0.0565. The summed E-state index contributed by atoms with van der Waals surface area (Å²) in [5.74, 6) is 0.576. The standard InChI is InChI=1S/C23H20N4O4S2/c1-2-30-16-11-9-15(10-12-16)24-21(29)17-6-3-4-7-18(17)25-20(28)14-33-23-27-26-22(31-23)19-8-5-13-32-19/h3-13H,2,14H2,1H3,(H,24,29)(H,25,28). The van der Waals surface area contributed by atoms with Gasteiger partial charge in [-0.1, -0.05) is 30.0 Å². The molecule has 0 unspecified atom stereocenters. The maximum Gasteiger partial charge on any atom is 0.277 e. The molecule has 4 aromatic rings. The minimum atomic E-state index is -0.333. The number of hydrogen-bond donors (Lipinski definition) is 2. The van der Waals surface area contributed by atoms with Gasteiger partial charge in [-0.05, 0) is 54.8 Å². The number of thiophene rings is 1. The lowest BCUT2D eigenvalue weighted by Gasteiger charge is -2.11. The summed E-state index contributed by atoms with van der Waals surface area (Å²) in [6, 6.07) is 17.7. The van der Waals surface area contributed by atoms with Gasteiger partial charge in [0.2, 0.25) is 5.91 Å². The molecular formula is C23H20N4O4S2. The molecule has 168 valence electrons. The van der Waals surface area contributed by atoms with Gasteiger partial charge in [-0.2, -0.15) is 0 Å². The van der Waals surface area contributed by atoms with Crippen molar-refractivity contribution in [2.24, 2.45) is 0 Å². The van der Waals surface area contributed by atoms with E-state index in [0.29, 0.717) is 34.7 Å². The van der Waals surface area contributed by atoms with Gasteiger partial charge in [-0.15, -0.1) is 21.5 Å². The predicted molar refractivity (Wildman–Crippen MR) is 129 cm³/mol. The van der Waals surface area contributed by atoms with Crippen molar-refractivity contribution in [2.45, 2.75) is 12.1 Å². The van der Waals surface area contributed by atoms with E-state index in [1.807, 2.05) is 24.4 Å². The van der Waals surface area contributed by atoms with Crippen LogP contribution in [0.3, 0.4) is 0 Å². The zero-order chi connectivity index (χ0) is 23.0. The van der Waals surface area contributed by atoms with E-state index in [4.69, 9.17) is 9.15 Å². The number of ether oxygens (including phenoxy) is 1. The van der Waals surface area contributed by atoms with Crippen molar-refractivity contribution in [2.75, 3.05) is 23.0 Å². The fourth-order valence-electron chi connectivity index (χ4n) is 2.87. The third-order valence-electron chi connectivity index (χ3n) is 4.33. The highest BCUT2D eigenvalue weighted by molar-refractivity contribution is 7.99. The van der Waals surface area contributed by atoms with E-state index >= 15 is 0 Å². The molecule has 0 radical (unpaired) electrons. The summed E-state index contributed by atoms with van der Waals surface area (Å²) in [6.45, 7) is 2.48. The van der Waals surface area contributed by atoms with Crippen molar-refractivity contribution >= 4 is 46.3 Å². The van der Waals surface area contributed by atoms with Gasteiger partial charge in [0.25, 0.3) is 17.0 Å². The molecule has 0 atom stereocenters. The SMILES string of the molecule is CCOc1ccc(NC(=O)c2ccccc2NC(=O)CSc2nnc(-c3cccs3)o2)cc1. The Kier molecular flexibility index (Phi) is 7.38. The Bertz CT molecular complexity index is 1220. The lowest BCUT2D eigenvalue weighted by atomic mass is 10.1. The van der Waals surface area contributed by atoms with E-state index in [0.717, 1.165) is 22.4 Å². The average molecular weight is 481 g/mol. The predicted octanol–water partition coefficient (Wildman–Crippen LogP) is 5.18. The van der Waals surface area contributed by atoms with Crippen molar-refractivity contribution in [1.29, 1.82) is 0 Å². The topological polar surface area (TPSA) is 106 Å². The Morgan fingerprint density at radius 2 is 1.85 bits per heavy atom. The van der Waals surface area contributed by atoms with Crippen LogP contribution in [0.15, 0.2) is 75.7 Å². The van der Waals surface area contributed by atoms with Gasteiger partial charge in [0.05, 0.1) is 28.5 Å². The first-order valence-electron chi connectivity index (χ1n) is 10.1. The first kappa shape index (κ1) is 22.6. The molecule has 2 aromatic carbocycles. The Balaban J connectivity index is 1.35. The molecule has 0 spiro atoms. The lowest BCUT2D eigenvalue weighted by molar-refractivity contribution is -0.113. The van der Waals surface area contributed by atoms with Crippen molar-refractivity contribution in [3.63, 3.8) is 0 Å². The number of thioether (sulfide) groups is 1. The monoisotopic (exact) mass is 480 g/mol. The molecular weight excluding hydrogens is 460 g/mol. The fourth-order valence-corrected chi connectivity index (χ4v) is 4.08. The van der Waals surface area contributed by atoms with Crippen LogP contribution in [0.4, 0.5) is 11.4 Å². The molecule has 0 bridgehead atoms. The van der Waals surface area contributed by atoms with Gasteiger partial charge in [0, 0.05) is 5.69 Å². The van der Waals surface area contributed by atoms with Crippen LogP contribution in [0, 0.1) is 0 Å². The number of anilines is 2. The number of carbonyl (C=O) groups is 2. The van der Waals surface area contributed by atoms with Gasteiger partial charge in [0.15, 0.2) is 0 Å². The Morgan fingerprint density at radius 3 is 2.61 bits per heavy atom. The average Bonchev–Trinajstić information content (AvgIpc) is 3.52. The summed E-state index contributed by atoms with van der Waals surface area (Å²) in [5, 5.41) is 15.8. The second-order valence-corrected chi connectivity index (χ2v) is 8.52. The minimum Gasteiger partial charge on any atom is -0.494 e. The van der Waals surface area contributed by atoms with Crippen LogP contribution >= 0.6 is 23.1 Å². The molecule has 0 saturated heterocycles. The summed E-state index contributed by atoms with van der Waals surface area (Å²) in [7, 11) is 0. The molecule has 10 heteroatoms. The second-order valence-electron chi connectivity index (χ2n) is 6.64. The summed E-state index contributed by atoms with van der Waals surface area (Å²) < 4.78 is 11.0. The van der Waals surface area contributed by atoms with Crippen LogP contribution in [0.25, 0.3) is 10.8 Å². The number of nitrogens with zero attached hydrogens (tertiary/aromatic N) is 2. The maximum absolute atomic E-state index is 12.8. The van der Waals surface area contributed by atoms with E-state index in [2.05, 4.69) is 20.8 Å². The quantitative estimate of drug-likeness (QED) is 0.318. The van der Waals surface area contributed by atoms with Crippen molar-refractivity contribution in [3.8, 4) is 16.5 Å². The Hall–Kier alpha value is -3.63. The number of aromatic nitrogens is 2. The van der Waals surface area contributed by atoms with Gasteiger partial charge in [-0.25, -0.2) is 0 Å². The molecule has 0 aliphatic carbocycles. The smallest absolute Gasteiger partial charge is 0.277 e. The van der Waals surface area contributed by atoms with Crippen LogP contribution in [0.1, 0.15) is 17.3 Å². The van der Waals surface area contributed by atoms with Crippen molar-refractivity contribution in [3.05, 3.63) is 71.6 Å². The van der Waals surface area contributed by atoms with Crippen LogP contribution in [-0.2, 0) is 4.79 Å². The van der Waals surface area contributed by atoms with E-state index in [9.17, 15) is 9.59 Å². The van der Waals surface area contributed by atoms with E-state index in [1.165, 1.54) is 11.3 Å².